The fourth-order valence-electron chi connectivity index (χ4n) is 3.01. The summed E-state index contributed by atoms with van der Waals surface area (Å²) in [6, 6.07) is 3.26. The van der Waals surface area contributed by atoms with Gasteiger partial charge in [-0.1, -0.05) is 0 Å². The summed E-state index contributed by atoms with van der Waals surface area (Å²) >= 11 is 0. The molecule has 0 radical (unpaired) electrons. The number of hydrogen-bond donors (Lipinski definition) is 0. The summed E-state index contributed by atoms with van der Waals surface area (Å²) in [6.07, 6.45) is -7.63. The van der Waals surface area contributed by atoms with Crippen LogP contribution in [0.4, 0.5) is 22.0 Å². The number of hydrogen-bond acceptors (Lipinski definition) is 11. The summed E-state index contributed by atoms with van der Waals surface area (Å²) in [5.41, 5.74) is -2.92. The highest BCUT2D eigenvalue weighted by molar-refractivity contribution is 6.09. The molecule has 174 valence electrons. The van der Waals surface area contributed by atoms with Gasteiger partial charge in [0.05, 0.1) is 6.57 Å². The summed E-state index contributed by atoms with van der Waals surface area (Å²) in [6.45, 7) is 8.76. The van der Waals surface area contributed by atoms with Crippen LogP contribution >= 0.6 is 0 Å². The predicted molar refractivity (Wildman–Crippen MR) is 103 cm³/mol. The lowest BCUT2D eigenvalue weighted by Crippen LogP contribution is -2.03. The Balaban J connectivity index is 2.14. The Morgan fingerprint density at radius 3 is 1.39 bits per heavy atom. The summed E-state index contributed by atoms with van der Waals surface area (Å²) in [7, 11) is 0. The summed E-state index contributed by atoms with van der Waals surface area (Å²) in [4.78, 5) is 32.1. The first-order valence-electron chi connectivity index (χ1n) is 9.11. The fourth-order valence-corrected chi connectivity index (χ4v) is 3.01. The van der Waals surface area contributed by atoms with Crippen molar-refractivity contribution < 1.29 is 22.0 Å². The second kappa shape index (κ2) is 8.96. The fraction of sp³-hybridized carbons (Fsp3) is 0.0526. The Hall–Kier alpha value is -5.63. The predicted octanol–water partition coefficient (Wildman–Crippen LogP) is 1.84. The molecule has 0 amide bonds. The molecule has 4 rings (SSSR count). The molecule has 0 spiro atoms. The number of aromatic nitrogens is 9. The maximum absolute atomic E-state index is 13.8. The standard InChI is InChI=1S/C19H3F5N12/c1-5-28-12(30-15(20)29-5)6(3-25)8-9(7(4-26)13-31-16(21)35-17(22)32-13)10(8)11(27-2)14-33-18(23)36-19(24)34-14/h1H3. The Morgan fingerprint density at radius 2 is 1.00 bits per heavy atom. The molecular formula is C19H3F5N12. The van der Waals surface area contributed by atoms with Gasteiger partial charge in [-0.15, -0.1) is 0 Å². The first-order valence-corrected chi connectivity index (χ1v) is 9.11. The molecule has 3 aromatic heterocycles. The highest BCUT2D eigenvalue weighted by Gasteiger charge is 2.43. The number of allylic oxidation sites excluding steroid dienone is 5. The summed E-state index contributed by atoms with van der Waals surface area (Å²) in [5.74, 6) is -2.35. The molecule has 12 nitrogen and oxygen atoms in total. The molecule has 1 aliphatic carbocycles. The smallest absolute Gasteiger partial charge is 0.233 e. The van der Waals surface area contributed by atoms with E-state index in [-0.39, 0.29) is 22.5 Å². The molecule has 3 aromatic rings. The van der Waals surface area contributed by atoms with Crippen LogP contribution in [0.1, 0.15) is 23.3 Å². The van der Waals surface area contributed by atoms with Crippen LogP contribution in [0.5, 0.6) is 0 Å². The Kier molecular flexibility index (Phi) is 5.85. The number of aryl methyl sites for hydroxylation is 1. The average Bonchev–Trinajstić information content (AvgIpc) is 3.47. The van der Waals surface area contributed by atoms with Gasteiger partial charge in [0.2, 0.25) is 5.70 Å². The summed E-state index contributed by atoms with van der Waals surface area (Å²) in [5, 5.41) is 19.5. The van der Waals surface area contributed by atoms with Crippen molar-refractivity contribution in [1.29, 1.82) is 10.5 Å². The van der Waals surface area contributed by atoms with Crippen LogP contribution in [0.2, 0.25) is 0 Å². The Morgan fingerprint density at radius 1 is 0.611 bits per heavy atom. The van der Waals surface area contributed by atoms with Crippen LogP contribution in [-0.2, 0) is 0 Å². The molecule has 36 heavy (non-hydrogen) atoms. The molecule has 17 heteroatoms. The Labute approximate surface area is 195 Å². The minimum Gasteiger partial charge on any atom is -0.233 e. The van der Waals surface area contributed by atoms with Gasteiger partial charge in [0, 0.05) is 16.7 Å². The van der Waals surface area contributed by atoms with E-state index >= 15 is 0 Å². The van der Waals surface area contributed by atoms with Crippen LogP contribution in [0.15, 0.2) is 16.7 Å². The minimum absolute atomic E-state index is 0.142. The van der Waals surface area contributed by atoms with Gasteiger partial charge in [-0.3, -0.25) is 0 Å². The molecule has 3 heterocycles. The molecule has 0 N–H and O–H groups in total. The van der Waals surface area contributed by atoms with Gasteiger partial charge in [-0.2, -0.15) is 72.3 Å². The number of nitriles is 2. The first kappa shape index (κ1) is 23.5. The van der Waals surface area contributed by atoms with Crippen molar-refractivity contribution in [3.8, 4) is 12.1 Å². The van der Waals surface area contributed by atoms with Crippen LogP contribution in [0, 0.1) is 66.5 Å². The lowest BCUT2D eigenvalue weighted by atomic mass is 10.2. The molecular weight excluding hydrogens is 491 g/mol. The van der Waals surface area contributed by atoms with Gasteiger partial charge in [0.1, 0.15) is 29.1 Å². The van der Waals surface area contributed by atoms with E-state index in [2.05, 4.69) is 49.7 Å². The molecule has 0 saturated heterocycles. The number of nitrogens with zero attached hydrogens (tertiary/aromatic N) is 12. The lowest BCUT2D eigenvalue weighted by molar-refractivity contribution is 0.451. The molecule has 0 unspecified atom stereocenters. The number of rotatable bonds is 3. The van der Waals surface area contributed by atoms with Crippen molar-refractivity contribution in [3.05, 3.63) is 81.8 Å². The van der Waals surface area contributed by atoms with Crippen molar-refractivity contribution in [2.45, 2.75) is 6.92 Å². The van der Waals surface area contributed by atoms with E-state index in [9.17, 15) is 32.5 Å². The highest BCUT2D eigenvalue weighted by Crippen LogP contribution is 2.55. The van der Waals surface area contributed by atoms with Gasteiger partial charge in [0.15, 0.2) is 17.5 Å². The first-order chi connectivity index (χ1) is 17.2. The van der Waals surface area contributed by atoms with Gasteiger partial charge >= 0.3 is 30.4 Å². The second-order valence-corrected chi connectivity index (χ2v) is 6.43. The van der Waals surface area contributed by atoms with Gasteiger partial charge in [-0.05, 0) is 6.92 Å². The van der Waals surface area contributed by atoms with Crippen LogP contribution < -0.4 is 0 Å². The normalized spacial score (nSPS) is 16.4. The van der Waals surface area contributed by atoms with Crippen LogP contribution in [0.3, 0.4) is 0 Å². The largest absolute Gasteiger partial charge is 0.314 e. The van der Waals surface area contributed by atoms with E-state index in [1.807, 2.05) is 0 Å². The van der Waals surface area contributed by atoms with Crippen molar-refractivity contribution in [1.82, 2.24) is 44.9 Å². The van der Waals surface area contributed by atoms with Crippen LogP contribution in [0.25, 0.3) is 21.7 Å². The zero-order chi connectivity index (χ0) is 26.1. The monoisotopic (exact) mass is 494 g/mol. The minimum atomic E-state index is -1.59. The van der Waals surface area contributed by atoms with Crippen molar-refractivity contribution in [3.63, 3.8) is 0 Å². The lowest BCUT2D eigenvalue weighted by Gasteiger charge is -1.98. The third kappa shape index (κ3) is 4.29. The van der Waals surface area contributed by atoms with E-state index in [4.69, 9.17) is 6.57 Å². The quantitative estimate of drug-likeness (QED) is 0.296. The zero-order valence-electron chi connectivity index (χ0n) is 17.3. The third-order valence-corrected chi connectivity index (χ3v) is 4.30. The van der Waals surface area contributed by atoms with Crippen molar-refractivity contribution in [2.24, 2.45) is 0 Å². The van der Waals surface area contributed by atoms with Gasteiger partial charge in [0.25, 0.3) is 0 Å². The van der Waals surface area contributed by atoms with Gasteiger partial charge < -0.3 is 0 Å². The SMILES string of the molecule is [C-]#[N+]C(=C1C(=C(C#N)c2nc(C)nc(F)n2)C1=C(C#N)c1nc(F)nc(F)n1)c1nc(F)nc(F)n1. The van der Waals surface area contributed by atoms with E-state index in [1.54, 1.807) is 12.1 Å². The van der Waals surface area contributed by atoms with E-state index in [0.717, 1.165) is 0 Å². The Bertz CT molecular complexity index is 1420. The van der Waals surface area contributed by atoms with Crippen LogP contribution in [-0.4, -0.2) is 44.9 Å². The van der Waals surface area contributed by atoms with E-state index < -0.39 is 64.7 Å². The zero-order valence-corrected chi connectivity index (χ0v) is 17.3. The molecule has 0 atom stereocenters. The van der Waals surface area contributed by atoms with E-state index in [0.29, 0.717) is 0 Å². The molecule has 1 aliphatic rings. The van der Waals surface area contributed by atoms with Crippen molar-refractivity contribution >= 4 is 16.8 Å². The molecule has 0 aliphatic heterocycles. The molecule has 1 fully saturated rings. The molecule has 0 bridgehead atoms. The third-order valence-electron chi connectivity index (χ3n) is 4.30. The maximum atomic E-state index is 13.8. The topological polar surface area (TPSA) is 168 Å². The molecule has 1 saturated carbocycles. The molecule has 0 aromatic carbocycles. The summed E-state index contributed by atoms with van der Waals surface area (Å²) < 4.78 is 68.3. The average molecular weight is 494 g/mol. The number of halogens is 5. The van der Waals surface area contributed by atoms with Gasteiger partial charge in [-0.25, -0.2) is 9.83 Å². The second-order valence-electron chi connectivity index (χ2n) is 6.43. The highest BCUT2D eigenvalue weighted by atomic mass is 19.2. The van der Waals surface area contributed by atoms with Crippen molar-refractivity contribution in [2.75, 3.05) is 0 Å². The maximum Gasteiger partial charge on any atom is 0.314 e. The van der Waals surface area contributed by atoms with E-state index in [1.165, 1.54) is 6.92 Å².